The Morgan fingerprint density at radius 3 is 2.72 bits per heavy atom. The zero-order chi connectivity index (χ0) is 17.5. The first-order valence-corrected chi connectivity index (χ1v) is 9.64. The Morgan fingerprint density at radius 2 is 2.00 bits per heavy atom. The van der Waals surface area contributed by atoms with Gasteiger partial charge in [-0.05, 0) is 37.0 Å². The Kier molecular flexibility index (Phi) is 6.47. The van der Waals surface area contributed by atoms with Crippen LogP contribution in [0, 0.1) is 0 Å². The second-order valence-corrected chi connectivity index (χ2v) is 7.08. The number of thioether (sulfide) groups is 1. The number of likely N-dealkylation sites (tertiary alicyclic amines) is 1. The van der Waals surface area contributed by atoms with E-state index in [9.17, 15) is 4.79 Å². The van der Waals surface area contributed by atoms with Gasteiger partial charge in [0.25, 0.3) is 5.91 Å². The molecule has 1 aliphatic heterocycles. The lowest BCUT2D eigenvalue weighted by Gasteiger charge is -2.15. The number of amides is 1. The van der Waals surface area contributed by atoms with E-state index >= 15 is 0 Å². The first-order valence-electron chi connectivity index (χ1n) is 8.65. The van der Waals surface area contributed by atoms with Crippen LogP contribution in [0.4, 0.5) is 0 Å². The largest absolute Gasteiger partial charge is 0.385 e. The van der Waals surface area contributed by atoms with Crippen LogP contribution in [0.5, 0.6) is 0 Å². The molecule has 1 aliphatic rings. The number of aromatic nitrogens is 3. The molecular formula is C18H24N4O2S. The SMILES string of the molecule is COCCCn1cnnc1SCc1ccc(C(=O)N2CCCC2)cc1. The third-order valence-electron chi connectivity index (χ3n) is 4.29. The summed E-state index contributed by atoms with van der Waals surface area (Å²) in [7, 11) is 1.71. The minimum Gasteiger partial charge on any atom is -0.385 e. The average Bonchev–Trinajstić information content (AvgIpc) is 3.32. The van der Waals surface area contributed by atoms with Gasteiger partial charge in [0.1, 0.15) is 6.33 Å². The van der Waals surface area contributed by atoms with Crippen molar-refractivity contribution in [3.8, 4) is 0 Å². The van der Waals surface area contributed by atoms with Gasteiger partial charge in [0, 0.05) is 44.7 Å². The molecule has 7 heteroatoms. The van der Waals surface area contributed by atoms with Crippen LogP contribution >= 0.6 is 11.8 Å². The Bertz CT molecular complexity index is 681. The molecule has 1 aromatic carbocycles. The van der Waals surface area contributed by atoms with Crippen LogP contribution in [0.3, 0.4) is 0 Å². The summed E-state index contributed by atoms with van der Waals surface area (Å²) in [4.78, 5) is 14.3. The van der Waals surface area contributed by atoms with Crippen molar-refractivity contribution in [1.29, 1.82) is 0 Å². The van der Waals surface area contributed by atoms with E-state index in [1.54, 1.807) is 25.2 Å². The summed E-state index contributed by atoms with van der Waals surface area (Å²) in [6.07, 6.45) is 4.93. The molecule has 1 aromatic heterocycles. The minimum absolute atomic E-state index is 0.148. The van der Waals surface area contributed by atoms with Gasteiger partial charge in [-0.2, -0.15) is 0 Å². The molecule has 0 spiro atoms. The van der Waals surface area contributed by atoms with E-state index in [4.69, 9.17) is 4.74 Å². The van der Waals surface area contributed by atoms with Gasteiger partial charge in [-0.1, -0.05) is 23.9 Å². The maximum absolute atomic E-state index is 12.4. The Hall–Kier alpha value is -1.86. The number of aryl methyl sites for hydroxylation is 1. The third-order valence-corrected chi connectivity index (χ3v) is 5.34. The molecule has 0 radical (unpaired) electrons. The normalized spacial score (nSPS) is 14.2. The van der Waals surface area contributed by atoms with Crippen molar-refractivity contribution in [1.82, 2.24) is 19.7 Å². The lowest BCUT2D eigenvalue weighted by molar-refractivity contribution is 0.0793. The number of carbonyl (C=O) groups excluding carboxylic acids is 1. The fraction of sp³-hybridized carbons (Fsp3) is 0.500. The molecule has 2 heterocycles. The van der Waals surface area contributed by atoms with Crippen molar-refractivity contribution in [3.63, 3.8) is 0 Å². The molecular weight excluding hydrogens is 336 g/mol. The highest BCUT2D eigenvalue weighted by Crippen LogP contribution is 2.22. The first kappa shape index (κ1) is 17.9. The molecule has 0 aliphatic carbocycles. The van der Waals surface area contributed by atoms with Crippen molar-refractivity contribution in [2.24, 2.45) is 0 Å². The van der Waals surface area contributed by atoms with Crippen LogP contribution in [-0.2, 0) is 17.0 Å². The van der Waals surface area contributed by atoms with Gasteiger partial charge in [0.2, 0.25) is 0 Å². The zero-order valence-corrected chi connectivity index (χ0v) is 15.4. The van der Waals surface area contributed by atoms with Crippen LogP contribution in [0.2, 0.25) is 0 Å². The minimum atomic E-state index is 0.148. The number of methoxy groups -OCH3 is 1. The molecule has 1 amide bonds. The molecule has 1 saturated heterocycles. The maximum atomic E-state index is 12.4. The van der Waals surface area contributed by atoms with Crippen LogP contribution in [0.15, 0.2) is 35.7 Å². The van der Waals surface area contributed by atoms with Gasteiger partial charge in [-0.15, -0.1) is 10.2 Å². The van der Waals surface area contributed by atoms with Gasteiger partial charge in [-0.3, -0.25) is 4.79 Å². The van der Waals surface area contributed by atoms with E-state index in [1.807, 2.05) is 29.2 Å². The maximum Gasteiger partial charge on any atom is 0.253 e. The van der Waals surface area contributed by atoms with E-state index in [1.165, 1.54) is 5.56 Å². The third kappa shape index (κ3) is 4.83. The van der Waals surface area contributed by atoms with E-state index in [0.717, 1.165) is 62.0 Å². The van der Waals surface area contributed by atoms with Gasteiger partial charge in [0.05, 0.1) is 0 Å². The number of benzene rings is 1. The molecule has 0 atom stereocenters. The van der Waals surface area contributed by atoms with Gasteiger partial charge in [-0.25, -0.2) is 0 Å². The Labute approximate surface area is 152 Å². The molecule has 0 N–H and O–H groups in total. The van der Waals surface area contributed by atoms with E-state index in [0.29, 0.717) is 0 Å². The van der Waals surface area contributed by atoms with Gasteiger partial charge < -0.3 is 14.2 Å². The highest BCUT2D eigenvalue weighted by molar-refractivity contribution is 7.98. The fourth-order valence-corrected chi connectivity index (χ4v) is 3.78. The monoisotopic (exact) mass is 360 g/mol. The number of rotatable bonds is 8. The molecule has 3 rings (SSSR count). The van der Waals surface area contributed by atoms with Crippen molar-refractivity contribution in [3.05, 3.63) is 41.7 Å². The number of hydrogen-bond acceptors (Lipinski definition) is 5. The standard InChI is InChI=1S/C18H24N4O2S/c1-24-12-4-11-22-14-19-20-18(22)25-13-15-5-7-16(8-6-15)17(23)21-9-2-3-10-21/h5-8,14H,2-4,9-13H2,1H3. The predicted molar refractivity (Wildman–Crippen MR) is 97.7 cm³/mol. The topological polar surface area (TPSA) is 60.2 Å². The molecule has 0 saturated carbocycles. The summed E-state index contributed by atoms with van der Waals surface area (Å²) in [6.45, 7) is 3.35. The number of nitrogens with zero attached hydrogens (tertiary/aromatic N) is 4. The predicted octanol–water partition coefficient (Wildman–Crippen LogP) is 2.84. The lowest BCUT2D eigenvalue weighted by Crippen LogP contribution is -2.27. The van der Waals surface area contributed by atoms with Gasteiger partial charge in [0.15, 0.2) is 5.16 Å². The van der Waals surface area contributed by atoms with Crippen LogP contribution in [0.1, 0.15) is 35.2 Å². The molecule has 0 unspecified atom stereocenters. The zero-order valence-electron chi connectivity index (χ0n) is 14.6. The van der Waals surface area contributed by atoms with Crippen LogP contribution in [0.25, 0.3) is 0 Å². The summed E-state index contributed by atoms with van der Waals surface area (Å²) in [6, 6.07) is 7.92. The quantitative estimate of drug-likeness (QED) is 0.535. The summed E-state index contributed by atoms with van der Waals surface area (Å²) in [5, 5.41) is 9.09. The highest BCUT2D eigenvalue weighted by Gasteiger charge is 2.19. The second-order valence-electron chi connectivity index (χ2n) is 6.14. The molecule has 0 bridgehead atoms. The smallest absolute Gasteiger partial charge is 0.253 e. The van der Waals surface area contributed by atoms with E-state index in [-0.39, 0.29) is 5.91 Å². The van der Waals surface area contributed by atoms with Crippen LogP contribution in [-0.4, -0.2) is 52.4 Å². The highest BCUT2D eigenvalue weighted by atomic mass is 32.2. The molecule has 134 valence electrons. The first-order chi connectivity index (χ1) is 12.3. The lowest BCUT2D eigenvalue weighted by atomic mass is 10.1. The summed E-state index contributed by atoms with van der Waals surface area (Å²) >= 11 is 1.66. The fourth-order valence-electron chi connectivity index (χ4n) is 2.88. The summed E-state index contributed by atoms with van der Waals surface area (Å²) in [5.74, 6) is 0.954. The Morgan fingerprint density at radius 1 is 1.24 bits per heavy atom. The van der Waals surface area contributed by atoms with Crippen molar-refractivity contribution in [2.45, 2.75) is 36.7 Å². The van der Waals surface area contributed by atoms with E-state index in [2.05, 4.69) is 14.8 Å². The van der Waals surface area contributed by atoms with Crippen molar-refractivity contribution >= 4 is 17.7 Å². The summed E-state index contributed by atoms with van der Waals surface area (Å²) < 4.78 is 7.14. The second kappa shape index (κ2) is 9.01. The Balaban J connectivity index is 1.53. The van der Waals surface area contributed by atoms with Crippen LogP contribution < -0.4 is 0 Å². The van der Waals surface area contributed by atoms with Gasteiger partial charge >= 0.3 is 0 Å². The number of ether oxygens (including phenoxy) is 1. The van der Waals surface area contributed by atoms with Crippen molar-refractivity contribution in [2.75, 3.05) is 26.8 Å². The molecule has 1 fully saturated rings. The number of carbonyl (C=O) groups is 1. The summed E-state index contributed by atoms with van der Waals surface area (Å²) in [5.41, 5.74) is 1.95. The number of hydrogen-bond donors (Lipinski definition) is 0. The average molecular weight is 360 g/mol. The molecule has 25 heavy (non-hydrogen) atoms. The molecule has 6 nitrogen and oxygen atoms in total. The van der Waals surface area contributed by atoms with E-state index < -0.39 is 0 Å². The van der Waals surface area contributed by atoms with Crippen molar-refractivity contribution < 1.29 is 9.53 Å². The molecule has 2 aromatic rings.